The molecule has 1 aliphatic heterocycles. The van der Waals surface area contributed by atoms with Crippen LogP contribution in [0.1, 0.15) is 47.7 Å². The SMILES string of the molecule is CC[C@]1(C(=O)c2ccc(C)cc2)C2c3cc(Br)ccc3OC(=O)[C@@]21C(C)=O. The third-order valence-corrected chi connectivity index (χ3v) is 6.68. The number of carbonyl (C=O) groups excluding carboxylic acids is 3. The molecule has 138 valence electrons. The maximum absolute atomic E-state index is 13.6. The summed E-state index contributed by atoms with van der Waals surface area (Å²) in [6, 6.07) is 12.6. The van der Waals surface area contributed by atoms with Crippen LogP contribution in [0.25, 0.3) is 0 Å². The van der Waals surface area contributed by atoms with Crippen molar-refractivity contribution in [3.63, 3.8) is 0 Å². The molecular formula is C22H19BrO4. The van der Waals surface area contributed by atoms with Crippen molar-refractivity contribution in [1.82, 2.24) is 0 Å². The molecule has 5 heteroatoms. The van der Waals surface area contributed by atoms with Crippen molar-refractivity contribution in [2.45, 2.75) is 33.1 Å². The number of ether oxygens (including phenoxy) is 1. The summed E-state index contributed by atoms with van der Waals surface area (Å²) in [7, 11) is 0. The zero-order chi connectivity index (χ0) is 19.6. The Bertz CT molecular complexity index is 994. The lowest BCUT2D eigenvalue weighted by Crippen LogP contribution is -2.38. The molecule has 0 radical (unpaired) electrons. The predicted octanol–water partition coefficient (Wildman–Crippen LogP) is 4.63. The highest BCUT2D eigenvalue weighted by Crippen LogP contribution is 2.80. The molecule has 0 bridgehead atoms. The van der Waals surface area contributed by atoms with Gasteiger partial charge in [-0.3, -0.25) is 14.4 Å². The molecule has 0 saturated heterocycles. The third kappa shape index (κ3) is 2.12. The van der Waals surface area contributed by atoms with E-state index < -0.39 is 22.7 Å². The quantitative estimate of drug-likeness (QED) is 0.309. The van der Waals surface area contributed by atoms with Crippen molar-refractivity contribution < 1.29 is 19.1 Å². The van der Waals surface area contributed by atoms with E-state index in [2.05, 4.69) is 15.9 Å². The first-order chi connectivity index (χ1) is 12.8. The maximum Gasteiger partial charge on any atom is 0.326 e. The van der Waals surface area contributed by atoms with Gasteiger partial charge in [0.25, 0.3) is 0 Å². The molecule has 2 aliphatic rings. The molecule has 27 heavy (non-hydrogen) atoms. The van der Waals surface area contributed by atoms with Crippen molar-refractivity contribution in [3.8, 4) is 5.75 Å². The molecule has 4 nitrogen and oxygen atoms in total. The van der Waals surface area contributed by atoms with Crippen molar-refractivity contribution in [2.75, 3.05) is 0 Å². The van der Waals surface area contributed by atoms with Crippen molar-refractivity contribution in [1.29, 1.82) is 0 Å². The average molecular weight is 427 g/mol. The van der Waals surface area contributed by atoms with Gasteiger partial charge in [0.05, 0.1) is 5.41 Å². The molecular weight excluding hydrogens is 408 g/mol. The van der Waals surface area contributed by atoms with Crippen LogP contribution in [-0.4, -0.2) is 17.5 Å². The van der Waals surface area contributed by atoms with E-state index in [9.17, 15) is 14.4 Å². The van der Waals surface area contributed by atoms with Gasteiger partial charge in [-0.1, -0.05) is 52.7 Å². The number of Topliss-reactive ketones (excluding diaryl/α,β-unsaturated/α-hetero) is 2. The zero-order valence-corrected chi connectivity index (χ0v) is 16.9. The molecule has 1 fully saturated rings. The predicted molar refractivity (Wildman–Crippen MR) is 104 cm³/mol. The Balaban J connectivity index is 1.95. The highest BCUT2D eigenvalue weighted by molar-refractivity contribution is 9.10. The van der Waals surface area contributed by atoms with E-state index in [0.29, 0.717) is 17.7 Å². The number of hydrogen-bond donors (Lipinski definition) is 0. The number of halogens is 1. The normalized spacial score (nSPS) is 28.0. The Morgan fingerprint density at radius 1 is 1.15 bits per heavy atom. The van der Waals surface area contributed by atoms with E-state index in [1.807, 2.05) is 32.0 Å². The monoisotopic (exact) mass is 426 g/mol. The number of esters is 1. The van der Waals surface area contributed by atoms with Gasteiger partial charge < -0.3 is 4.74 Å². The van der Waals surface area contributed by atoms with Crippen LogP contribution in [0.3, 0.4) is 0 Å². The lowest BCUT2D eigenvalue weighted by molar-refractivity contribution is -0.148. The molecule has 0 N–H and O–H groups in total. The summed E-state index contributed by atoms with van der Waals surface area (Å²) in [5, 5.41) is 0. The van der Waals surface area contributed by atoms with Gasteiger partial charge in [0.2, 0.25) is 0 Å². The van der Waals surface area contributed by atoms with Crippen LogP contribution in [0.2, 0.25) is 0 Å². The Kier molecular flexibility index (Phi) is 3.93. The number of ketones is 2. The average Bonchev–Trinajstić information content (AvgIpc) is 3.29. The van der Waals surface area contributed by atoms with Crippen LogP contribution < -0.4 is 4.74 Å². The second-order valence-electron chi connectivity index (χ2n) is 7.39. The first-order valence-corrected chi connectivity index (χ1v) is 9.74. The van der Waals surface area contributed by atoms with Crippen LogP contribution in [0, 0.1) is 17.8 Å². The van der Waals surface area contributed by atoms with Crippen LogP contribution >= 0.6 is 15.9 Å². The Labute approximate surface area is 166 Å². The fourth-order valence-electron chi connectivity index (χ4n) is 4.93. The fraction of sp³-hybridized carbons (Fsp3) is 0.318. The summed E-state index contributed by atoms with van der Waals surface area (Å²) in [4.78, 5) is 39.4. The van der Waals surface area contributed by atoms with Gasteiger partial charge >= 0.3 is 5.97 Å². The molecule has 4 rings (SSSR count). The van der Waals surface area contributed by atoms with Gasteiger partial charge in [0, 0.05) is 21.5 Å². The minimum absolute atomic E-state index is 0.171. The first-order valence-electron chi connectivity index (χ1n) is 8.95. The first kappa shape index (κ1) is 18.1. The van der Waals surface area contributed by atoms with E-state index in [1.54, 1.807) is 24.3 Å². The van der Waals surface area contributed by atoms with E-state index in [1.165, 1.54) is 6.92 Å². The van der Waals surface area contributed by atoms with E-state index in [0.717, 1.165) is 15.6 Å². The summed E-state index contributed by atoms with van der Waals surface area (Å²) in [6.45, 7) is 5.19. The molecule has 1 saturated carbocycles. The van der Waals surface area contributed by atoms with Gasteiger partial charge in [0.1, 0.15) is 16.9 Å². The van der Waals surface area contributed by atoms with Crippen LogP contribution in [0.4, 0.5) is 0 Å². The molecule has 1 heterocycles. The van der Waals surface area contributed by atoms with E-state index in [-0.39, 0.29) is 11.6 Å². The maximum atomic E-state index is 13.6. The molecule has 0 spiro atoms. The van der Waals surface area contributed by atoms with Gasteiger partial charge in [0.15, 0.2) is 5.78 Å². The molecule has 0 amide bonds. The summed E-state index contributed by atoms with van der Waals surface area (Å²) in [5.41, 5.74) is -0.266. The number of rotatable bonds is 4. The topological polar surface area (TPSA) is 60.4 Å². The number of carbonyl (C=O) groups is 3. The second-order valence-corrected chi connectivity index (χ2v) is 8.30. The fourth-order valence-corrected chi connectivity index (χ4v) is 5.31. The Morgan fingerprint density at radius 3 is 2.41 bits per heavy atom. The summed E-state index contributed by atoms with van der Waals surface area (Å²) in [5.74, 6) is -1.18. The van der Waals surface area contributed by atoms with E-state index in [4.69, 9.17) is 4.74 Å². The van der Waals surface area contributed by atoms with E-state index >= 15 is 0 Å². The highest BCUT2D eigenvalue weighted by Gasteiger charge is 2.87. The van der Waals surface area contributed by atoms with Gasteiger partial charge in [-0.15, -0.1) is 0 Å². The lowest BCUT2D eigenvalue weighted by Gasteiger charge is -2.22. The molecule has 2 aromatic carbocycles. The zero-order valence-electron chi connectivity index (χ0n) is 15.3. The second kappa shape index (κ2) is 5.86. The third-order valence-electron chi connectivity index (χ3n) is 6.19. The van der Waals surface area contributed by atoms with Gasteiger partial charge in [-0.2, -0.15) is 0 Å². The molecule has 0 aromatic heterocycles. The van der Waals surface area contributed by atoms with Crippen molar-refractivity contribution in [3.05, 3.63) is 63.6 Å². The van der Waals surface area contributed by atoms with Crippen LogP contribution in [-0.2, 0) is 9.59 Å². The van der Waals surface area contributed by atoms with Crippen molar-refractivity contribution >= 4 is 33.5 Å². The minimum atomic E-state index is -1.45. The Hall–Kier alpha value is -2.27. The number of fused-ring (bicyclic) bond motifs is 3. The number of benzene rings is 2. The smallest absolute Gasteiger partial charge is 0.326 e. The standard InChI is InChI=1S/C22H19BrO4/c1-4-21(19(25)14-7-5-12(2)6-8-14)18-16-11-15(23)9-10-17(16)27-20(26)22(18,21)13(3)24/h5-11,18H,4H2,1-3H3/t18?,21-,22-/m1/s1. The van der Waals surface area contributed by atoms with Crippen LogP contribution in [0.15, 0.2) is 46.9 Å². The Morgan fingerprint density at radius 2 is 1.81 bits per heavy atom. The van der Waals surface area contributed by atoms with Crippen molar-refractivity contribution in [2.24, 2.45) is 10.8 Å². The summed E-state index contributed by atoms with van der Waals surface area (Å²) >= 11 is 3.45. The molecule has 2 aromatic rings. The lowest BCUT2D eigenvalue weighted by atomic mass is 9.81. The molecule has 3 atom stereocenters. The highest BCUT2D eigenvalue weighted by atomic mass is 79.9. The molecule has 1 aliphatic carbocycles. The largest absolute Gasteiger partial charge is 0.425 e. The van der Waals surface area contributed by atoms with Gasteiger partial charge in [-0.25, -0.2) is 0 Å². The van der Waals surface area contributed by atoms with Gasteiger partial charge in [-0.05, 0) is 38.5 Å². The van der Waals surface area contributed by atoms with Crippen LogP contribution in [0.5, 0.6) is 5.75 Å². The minimum Gasteiger partial charge on any atom is -0.425 e. The number of hydrogen-bond acceptors (Lipinski definition) is 4. The number of aryl methyl sites for hydroxylation is 1. The summed E-state index contributed by atoms with van der Waals surface area (Å²) in [6.07, 6.45) is 0.380. The summed E-state index contributed by atoms with van der Waals surface area (Å²) < 4.78 is 6.35. The molecule has 1 unspecified atom stereocenters.